The molecule has 4 rings (SSSR count). The number of hydrogen-bond donors (Lipinski definition) is 1. The number of aromatic amines is 1. The first-order chi connectivity index (χ1) is 12.2. The van der Waals surface area contributed by atoms with E-state index in [1.165, 1.54) is 6.07 Å². The van der Waals surface area contributed by atoms with Crippen LogP contribution in [0, 0.1) is 5.82 Å². The molecule has 4 nitrogen and oxygen atoms in total. The third-order valence-electron chi connectivity index (χ3n) is 4.66. The third-order valence-corrected chi connectivity index (χ3v) is 4.66. The van der Waals surface area contributed by atoms with Crippen LogP contribution in [0.4, 0.5) is 4.39 Å². The Hall–Kier alpha value is -2.95. The third kappa shape index (κ3) is 2.93. The molecule has 1 aromatic heterocycles. The van der Waals surface area contributed by atoms with Gasteiger partial charge in [-0.15, -0.1) is 0 Å². The van der Waals surface area contributed by atoms with Gasteiger partial charge in [0.1, 0.15) is 11.9 Å². The molecule has 1 N–H and O–H groups in total. The molecule has 1 aliphatic rings. The lowest BCUT2D eigenvalue weighted by Gasteiger charge is -2.35. The van der Waals surface area contributed by atoms with Crippen LogP contribution in [0.1, 0.15) is 28.6 Å². The van der Waals surface area contributed by atoms with E-state index in [0.717, 1.165) is 23.4 Å². The molecule has 0 aliphatic carbocycles. The van der Waals surface area contributed by atoms with Crippen LogP contribution in [-0.4, -0.2) is 27.3 Å². The predicted octanol–water partition coefficient (Wildman–Crippen LogP) is 3.27. The van der Waals surface area contributed by atoms with Crippen LogP contribution >= 0.6 is 0 Å². The molecule has 0 spiro atoms. The van der Waals surface area contributed by atoms with Gasteiger partial charge >= 0.3 is 0 Å². The van der Waals surface area contributed by atoms with Gasteiger partial charge in [0.25, 0.3) is 0 Å². The molecule has 2 heterocycles. The van der Waals surface area contributed by atoms with E-state index in [0.29, 0.717) is 12.1 Å². The summed E-state index contributed by atoms with van der Waals surface area (Å²) in [6.07, 6.45) is 2.45. The van der Waals surface area contributed by atoms with Crippen LogP contribution in [0.3, 0.4) is 0 Å². The Kier molecular flexibility index (Phi) is 4.06. The molecule has 0 saturated heterocycles. The van der Waals surface area contributed by atoms with Crippen molar-refractivity contribution in [3.05, 3.63) is 89.3 Å². The Morgan fingerprint density at radius 3 is 2.72 bits per heavy atom. The van der Waals surface area contributed by atoms with Gasteiger partial charge < -0.3 is 9.88 Å². The summed E-state index contributed by atoms with van der Waals surface area (Å²) in [5.41, 5.74) is 3.37. The predicted molar refractivity (Wildman–Crippen MR) is 92.4 cm³/mol. The van der Waals surface area contributed by atoms with E-state index in [1.54, 1.807) is 24.5 Å². The van der Waals surface area contributed by atoms with Gasteiger partial charge in [-0.3, -0.25) is 4.79 Å². The Balaban J connectivity index is 1.68. The highest BCUT2D eigenvalue weighted by molar-refractivity contribution is 5.80. The summed E-state index contributed by atoms with van der Waals surface area (Å²) in [6.45, 7) is 0.585. The number of H-pyrrole nitrogens is 1. The van der Waals surface area contributed by atoms with E-state index >= 15 is 0 Å². The molecule has 0 radical (unpaired) electrons. The molecule has 5 heteroatoms. The fourth-order valence-electron chi connectivity index (χ4n) is 3.42. The largest absolute Gasteiger partial charge is 0.348 e. The van der Waals surface area contributed by atoms with Crippen LogP contribution in [0.5, 0.6) is 0 Å². The number of carbonyl (C=O) groups is 1. The molecule has 0 bridgehead atoms. The molecular weight excluding hydrogens is 317 g/mol. The number of nitrogens with zero attached hydrogens (tertiary/aromatic N) is 2. The standard InChI is InChI=1S/C20H18FN3O/c21-16-9-5-4-8-15(16)12-18(25)24-11-10-17-19(23-13-22-17)20(24)14-6-2-1-3-7-14/h1-9,13,20H,10-12H2,(H,22,23)/t20-/m1/s1. The van der Waals surface area contributed by atoms with E-state index in [4.69, 9.17) is 0 Å². The summed E-state index contributed by atoms with van der Waals surface area (Å²) in [7, 11) is 0. The first-order valence-electron chi connectivity index (χ1n) is 8.34. The fraction of sp³-hybridized carbons (Fsp3) is 0.200. The highest BCUT2D eigenvalue weighted by Crippen LogP contribution is 2.33. The molecule has 0 fully saturated rings. The minimum atomic E-state index is -0.343. The van der Waals surface area contributed by atoms with Gasteiger partial charge in [0.15, 0.2) is 0 Å². The highest BCUT2D eigenvalue weighted by Gasteiger charge is 2.33. The van der Waals surface area contributed by atoms with Gasteiger partial charge in [-0.05, 0) is 17.2 Å². The molecule has 0 unspecified atom stereocenters. The second-order valence-corrected chi connectivity index (χ2v) is 6.18. The fourth-order valence-corrected chi connectivity index (χ4v) is 3.42. The lowest BCUT2D eigenvalue weighted by Crippen LogP contribution is -2.41. The zero-order valence-electron chi connectivity index (χ0n) is 13.7. The van der Waals surface area contributed by atoms with Crippen LogP contribution < -0.4 is 0 Å². The normalized spacial score (nSPS) is 16.5. The van der Waals surface area contributed by atoms with Gasteiger partial charge in [0, 0.05) is 18.7 Å². The molecular formula is C20H18FN3O. The molecule has 126 valence electrons. The van der Waals surface area contributed by atoms with Gasteiger partial charge in [0.05, 0.1) is 18.4 Å². The van der Waals surface area contributed by atoms with Gasteiger partial charge in [-0.2, -0.15) is 0 Å². The Bertz CT molecular complexity index is 891. The van der Waals surface area contributed by atoms with Crippen LogP contribution in [0.15, 0.2) is 60.9 Å². The lowest BCUT2D eigenvalue weighted by atomic mass is 9.95. The van der Waals surface area contributed by atoms with Crippen molar-refractivity contribution < 1.29 is 9.18 Å². The number of carbonyl (C=O) groups excluding carboxylic acids is 1. The highest BCUT2D eigenvalue weighted by atomic mass is 19.1. The van der Waals surface area contributed by atoms with E-state index in [9.17, 15) is 9.18 Å². The van der Waals surface area contributed by atoms with Crippen LogP contribution in [0.2, 0.25) is 0 Å². The second kappa shape index (κ2) is 6.51. The molecule has 0 saturated carbocycles. The number of rotatable bonds is 3. The number of benzene rings is 2. The van der Waals surface area contributed by atoms with Crippen LogP contribution in [-0.2, 0) is 17.6 Å². The van der Waals surface area contributed by atoms with Gasteiger partial charge in [0.2, 0.25) is 5.91 Å². The van der Waals surface area contributed by atoms with Crippen molar-refractivity contribution in [3.8, 4) is 0 Å². The first kappa shape index (κ1) is 15.6. The summed E-state index contributed by atoms with van der Waals surface area (Å²) in [4.78, 5) is 22.4. The number of imidazole rings is 1. The molecule has 1 amide bonds. The minimum absolute atomic E-state index is 0.0514. The Morgan fingerprint density at radius 1 is 1.16 bits per heavy atom. The molecule has 3 aromatic rings. The monoisotopic (exact) mass is 335 g/mol. The Labute approximate surface area is 145 Å². The number of fused-ring (bicyclic) bond motifs is 1. The lowest BCUT2D eigenvalue weighted by molar-refractivity contribution is -0.132. The molecule has 1 aliphatic heterocycles. The van der Waals surface area contributed by atoms with E-state index < -0.39 is 0 Å². The van der Waals surface area contributed by atoms with Crippen molar-refractivity contribution in [2.75, 3.05) is 6.54 Å². The van der Waals surface area contributed by atoms with Crippen LogP contribution in [0.25, 0.3) is 0 Å². The summed E-state index contributed by atoms with van der Waals surface area (Å²) in [6, 6.07) is 16.0. The quantitative estimate of drug-likeness (QED) is 0.799. The van der Waals surface area contributed by atoms with Gasteiger partial charge in [-0.1, -0.05) is 48.5 Å². The summed E-state index contributed by atoms with van der Waals surface area (Å²) >= 11 is 0. The van der Waals surface area contributed by atoms with Crippen molar-refractivity contribution in [2.45, 2.75) is 18.9 Å². The topological polar surface area (TPSA) is 49.0 Å². The maximum absolute atomic E-state index is 13.9. The summed E-state index contributed by atoms with van der Waals surface area (Å²) < 4.78 is 13.9. The van der Waals surface area contributed by atoms with E-state index in [2.05, 4.69) is 9.97 Å². The average molecular weight is 335 g/mol. The average Bonchev–Trinajstić information content (AvgIpc) is 3.12. The zero-order chi connectivity index (χ0) is 17.2. The van der Waals surface area contributed by atoms with Crippen molar-refractivity contribution in [1.29, 1.82) is 0 Å². The summed E-state index contributed by atoms with van der Waals surface area (Å²) in [5, 5.41) is 0. The molecule has 1 atom stereocenters. The molecule has 25 heavy (non-hydrogen) atoms. The van der Waals surface area contributed by atoms with Crippen molar-refractivity contribution in [3.63, 3.8) is 0 Å². The number of amides is 1. The first-order valence-corrected chi connectivity index (χ1v) is 8.34. The SMILES string of the molecule is O=C(Cc1ccccc1F)N1CCc2[nH]cnc2[C@H]1c1ccccc1. The summed E-state index contributed by atoms with van der Waals surface area (Å²) in [5.74, 6) is -0.433. The minimum Gasteiger partial charge on any atom is -0.348 e. The smallest absolute Gasteiger partial charge is 0.227 e. The van der Waals surface area contributed by atoms with Crippen molar-refractivity contribution >= 4 is 5.91 Å². The van der Waals surface area contributed by atoms with E-state index in [1.807, 2.05) is 35.2 Å². The number of halogens is 1. The second-order valence-electron chi connectivity index (χ2n) is 6.18. The number of nitrogens with one attached hydrogen (secondary N) is 1. The maximum Gasteiger partial charge on any atom is 0.227 e. The molecule has 2 aromatic carbocycles. The zero-order valence-corrected chi connectivity index (χ0v) is 13.7. The van der Waals surface area contributed by atoms with E-state index in [-0.39, 0.29) is 24.2 Å². The number of aromatic nitrogens is 2. The maximum atomic E-state index is 13.9. The number of hydrogen-bond acceptors (Lipinski definition) is 2. The van der Waals surface area contributed by atoms with Gasteiger partial charge in [-0.25, -0.2) is 9.37 Å². The van der Waals surface area contributed by atoms with Crippen molar-refractivity contribution in [1.82, 2.24) is 14.9 Å². The van der Waals surface area contributed by atoms with Crippen molar-refractivity contribution in [2.24, 2.45) is 0 Å². The Morgan fingerprint density at radius 2 is 1.92 bits per heavy atom.